The first-order valence-corrected chi connectivity index (χ1v) is 5.33. The molecule has 1 aliphatic heterocycles. The Hall–Kier alpha value is -1.56. The van der Waals surface area contributed by atoms with Crippen LogP contribution in [0.1, 0.15) is 24.6 Å². The van der Waals surface area contributed by atoms with Crippen molar-refractivity contribution in [2.24, 2.45) is 0 Å². The number of rotatable bonds is 2. The van der Waals surface area contributed by atoms with E-state index < -0.39 is 6.09 Å². The minimum Gasteiger partial charge on any atom is -0.465 e. The zero-order chi connectivity index (χ0) is 11.5. The van der Waals surface area contributed by atoms with Crippen LogP contribution < -0.4 is 0 Å². The fourth-order valence-corrected chi connectivity index (χ4v) is 1.99. The summed E-state index contributed by atoms with van der Waals surface area (Å²) in [5, 5.41) is 21.9. The maximum atomic E-state index is 10.7. The lowest BCUT2D eigenvalue weighted by Gasteiger charge is -2.30. The van der Waals surface area contributed by atoms with Crippen molar-refractivity contribution in [3.8, 4) is 0 Å². The van der Waals surface area contributed by atoms with E-state index in [9.17, 15) is 4.79 Å². The van der Waals surface area contributed by atoms with Crippen LogP contribution in [-0.2, 0) is 6.61 Å². The number of amides is 1. The molecule has 1 fully saturated rings. The highest BCUT2D eigenvalue weighted by Crippen LogP contribution is 2.21. The topological polar surface area (TPSA) is 78.6 Å². The molecule has 0 aliphatic carbocycles. The molecule has 6 nitrogen and oxygen atoms in total. The van der Waals surface area contributed by atoms with E-state index in [0.29, 0.717) is 18.8 Å². The molecule has 0 radical (unpaired) electrons. The fraction of sp³-hybridized carbons (Fsp3) is 0.600. The Morgan fingerprint density at radius 3 is 2.69 bits per heavy atom. The summed E-state index contributed by atoms with van der Waals surface area (Å²) in [6, 6.07) is 2.03. The predicted octanol–water partition coefficient (Wildman–Crippen LogP) is 0.690. The first-order valence-electron chi connectivity index (χ1n) is 5.33. The third-order valence-corrected chi connectivity index (χ3v) is 2.93. The van der Waals surface area contributed by atoms with Crippen LogP contribution in [0.2, 0.25) is 0 Å². The molecule has 0 unspecified atom stereocenters. The van der Waals surface area contributed by atoms with Gasteiger partial charge >= 0.3 is 6.09 Å². The van der Waals surface area contributed by atoms with E-state index in [1.807, 2.05) is 10.9 Å². The molecule has 0 bridgehead atoms. The number of aliphatic hydroxyl groups is 1. The Balaban J connectivity index is 1.96. The van der Waals surface area contributed by atoms with Crippen LogP contribution in [0, 0.1) is 0 Å². The monoisotopic (exact) mass is 225 g/mol. The van der Waals surface area contributed by atoms with Gasteiger partial charge in [0.05, 0.1) is 18.3 Å². The van der Waals surface area contributed by atoms with Crippen molar-refractivity contribution in [1.29, 1.82) is 0 Å². The largest absolute Gasteiger partial charge is 0.465 e. The Labute approximate surface area is 93.1 Å². The van der Waals surface area contributed by atoms with Gasteiger partial charge in [-0.1, -0.05) is 0 Å². The Morgan fingerprint density at radius 1 is 1.50 bits per heavy atom. The molecule has 0 saturated carbocycles. The Morgan fingerprint density at radius 2 is 2.19 bits per heavy atom. The van der Waals surface area contributed by atoms with Crippen LogP contribution >= 0.6 is 0 Å². The third kappa shape index (κ3) is 2.16. The molecular formula is C10H15N3O3. The highest BCUT2D eigenvalue weighted by molar-refractivity contribution is 5.64. The molecule has 6 heteroatoms. The lowest BCUT2D eigenvalue weighted by molar-refractivity contribution is 0.123. The van der Waals surface area contributed by atoms with Crippen LogP contribution in [0.25, 0.3) is 0 Å². The van der Waals surface area contributed by atoms with Crippen LogP contribution in [0.5, 0.6) is 0 Å². The van der Waals surface area contributed by atoms with Crippen molar-refractivity contribution < 1.29 is 15.0 Å². The van der Waals surface area contributed by atoms with E-state index >= 15 is 0 Å². The fourth-order valence-electron chi connectivity index (χ4n) is 1.99. The quantitative estimate of drug-likeness (QED) is 0.776. The summed E-state index contributed by atoms with van der Waals surface area (Å²) in [5.74, 6) is 0. The first kappa shape index (κ1) is 10.9. The maximum Gasteiger partial charge on any atom is 0.407 e. The smallest absolute Gasteiger partial charge is 0.407 e. The number of aromatic nitrogens is 2. The second kappa shape index (κ2) is 4.52. The summed E-state index contributed by atoms with van der Waals surface area (Å²) in [6.45, 7) is 1.05. The van der Waals surface area contributed by atoms with Gasteiger partial charge < -0.3 is 15.1 Å². The number of aliphatic hydroxyl groups excluding tert-OH is 1. The summed E-state index contributed by atoms with van der Waals surface area (Å²) in [7, 11) is 0. The summed E-state index contributed by atoms with van der Waals surface area (Å²) >= 11 is 0. The summed E-state index contributed by atoms with van der Waals surface area (Å²) in [5.41, 5.74) is 0.653. The molecule has 1 aliphatic rings. The highest BCUT2D eigenvalue weighted by Gasteiger charge is 2.23. The van der Waals surface area contributed by atoms with Gasteiger partial charge in [-0.15, -0.1) is 0 Å². The van der Waals surface area contributed by atoms with E-state index in [2.05, 4.69) is 5.10 Å². The van der Waals surface area contributed by atoms with Crippen molar-refractivity contribution in [3.63, 3.8) is 0 Å². The van der Waals surface area contributed by atoms with Gasteiger partial charge in [-0.2, -0.15) is 5.10 Å². The van der Waals surface area contributed by atoms with Gasteiger partial charge in [0.25, 0.3) is 0 Å². The van der Waals surface area contributed by atoms with Gasteiger partial charge in [0.2, 0.25) is 0 Å². The van der Waals surface area contributed by atoms with Crippen LogP contribution in [0.15, 0.2) is 12.3 Å². The molecule has 1 aromatic heterocycles. The number of likely N-dealkylation sites (tertiary alicyclic amines) is 1. The van der Waals surface area contributed by atoms with Crippen LogP contribution in [-0.4, -0.2) is 44.1 Å². The molecule has 1 amide bonds. The molecule has 1 aromatic rings. The minimum absolute atomic E-state index is 0.0546. The Kier molecular flexibility index (Phi) is 3.09. The number of hydrogen-bond acceptors (Lipinski definition) is 3. The average Bonchev–Trinajstić information content (AvgIpc) is 2.77. The molecule has 1 saturated heterocycles. The van der Waals surface area contributed by atoms with Gasteiger partial charge in [0.15, 0.2) is 0 Å². The van der Waals surface area contributed by atoms with E-state index in [4.69, 9.17) is 10.2 Å². The van der Waals surface area contributed by atoms with E-state index in [0.717, 1.165) is 12.8 Å². The second-order valence-corrected chi connectivity index (χ2v) is 3.95. The zero-order valence-electron chi connectivity index (χ0n) is 8.91. The second-order valence-electron chi connectivity index (χ2n) is 3.95. The average molecular weight is 225 g/mol. The maximum absolute atomic E-state index is 10.7. The number of nitrogens with zero attached hydrogens (tertiary/aromatic N) is 3. The Bertz CT molecular complexity index is 369. The van der Waals surface area contributed by atoms with Crippen molar-refractivity contribution in [2.45, 2.75) is 25.5 Å². The number of piperidine rings is 1. The molecule has 2 N–H and O–H groups in total. The number of carbonyl (C=O) groups is 1. The van der Waals surface area contributed by atoms with Crippen molar-refractivity contribution in [2.75, 3.05) is 13.1 Å². The molecule has 0 spiro atoms. The molecule has 16 heavy (non-hydrogen) atoms. The van der Waals surface area contributed by atoms with Gasteiger partial charge in [0.1, 0.15) is 0 Å². The zero-order valence-corrected chi connectivity index (χ0v) is 8.91. The summed E-state index contributed by atoms with van der Waals surface area (Å²) < 4.78 is 1.82. The molecule has 0 atom stereocenters. The van der Waals surface area contributed by atoms with Crippen LogP contribution in [0.4, 0.5) is 4.79 Å². The van der Waals surface area contributed by atoms with E-state index in [-0.39, 0.29) is 12.6 Å². The van der Waals surface area contributed by atoms with Gasteiger partial charge in [0, 0.05) is 19.3 Å². The molecule has 88 valence electrons. The predicted molar refractivity (Wildman–Crippen MR) is 56.0 cm³/mol. The SMILES string of the molecule is O=C(O)N1CCC(n2ccc(CO)n2)CC1. The molecule has 2 rings (SSSR count). The molecule has 2 heterocycles. The van der Waals surface area contributed by atoms with Crippen molar-refractivity contribution in [1.82, 2.24) is 14.7 Å². The normalized spacial score (nSPS) is 17.7. The first-order chi connectivity index (χ1) is 7.70. The minimum atomic E-state index is -0.852. The van der Waals surface area contributed by atoms with E-state index in [1.54, 1.807) is 6.07 Å². The lowest BCUT2D eigenvalue weighted by Crippen LogP contribution is -2.38. The van der Waals surface area contributed by atoms with Crippen LogP contribution in [0.3, 0.4) is 0 Å². The highest BCUT2D eigenvalue weighted by atomic mass is 16.4. The third-order valence-electron chi connectivity index (χ3n) is 2.93. The van der Waals surface area contributed by atoms with Crippen molar-refractivity contribution >= 4 is 6.09 Å². The van der Waals surface area contributed by atoms with Crippen molar-refractivity contribution in [3.05, 3.63) is 18.0 Å². The number of hydrogen-bond donors (Lipinski definition) is 2. The molecule has 0 aromatic carbocycles. The van der Waals surface area contributed by atoms with Gasteiger partial charge in [-0.3, -0.25) is 4.68 Å². The summed E-state index contributed by atoms with van der Waals surface area (Å²) in [4.78, 5) is 12.1. The summed E-state index contributed by atoms with van der Waals surface area (Å²) in [6.07, 6.45) is 2.54. The lowest BCUT2D eigenvalue weighted by atomic mass is 10.1. The van der Waals surface area contributed by atoms with Gasteiger partial charge in [-0.05, 0) is 18.9 Å². The molecular weight excluding hydrogens is 210 g/mol. The van der Waals surface area contributed by atoms with Gasteiger partial charge in [-0.25, -0.2) is 4.79 Å². The standard InChI is InChI=1S/C10H15N3O3/c14-7-8-1-6-13(11-8)9-2-4-12(5-3-9)10(15)16/h1,6,9,14H,2-5,7H2,(H,15,16). The van der Waals surface area contributed by atoms with E-state index in [1.165, 1.54) is 4.90 Å². The number of carboxylic acid groups (broad SMARTS) is 1.